The van der Waals surface area contributed by atoms with E-state index < -0.39 is 6.04 Å². The number of thioether (sulfide) groups is 1. The first-order chi connectivity index (χ1) is 13.0. The highest BCUT2D eigenvalue weighted by molar-refractivity contribution is 7.98. The summed E-state index contributed by atoms with van der Waals surface area (Å²) in [4.78, 5) is 26.7. The Balaban J connectivity index is 1.98. The fourth-order valence-electron chi connectivity index (χ4n) is 2.83. The van der Waals surface area contributed by atoms with Crippen LogP contribution in [0.3, 0.4) is 0 Å². The van der Waals surface area contributed by atoms with Crippen molar-refractivity contribution < 1.29 is 9.59 Å². The molecule has 2 rings (SSSR count). The monoisotopic (exact) mass is 384 g/mol. The van der Waals surface area contributed by atoms with Crippen molar-refractivity contribution in [2.45, 2.75) is 38.6 Å². The van der Waals surface area contributed by atoms with Crippen molar-refractivity contribution in [3.8, 4) is 0 Å². The third-order valence-electron chi connectivity index (χ3n) is 4.59. The van der Waals surface area contributed by atoms with Crippen LogP contribution in [0.25, 0.3) is 0 Å². The second-order valence-electron chi connectivity index (χ2n) is 6.53. The topological polar surface area (TPSA) is 49.4 Å². The lowest BCUT2D eigenvalue weighted by molar-refractivity contribution is -0.140. The lowest BCUT2D eigenvalue weighted by Gasteiger charge is -2.29. The maximum atomic E-state index is 12.9. The Kier molecular flexibility index (Phi) is 8.40. The summed E-state index contributed by atoms with van der Waals surface area (Å²) in [5.41, 5.74) is 3.45. The van der Waals surface area contributed by atoms with Gasteiger partial charge in [0.2, 0.25) is 11.8 Å². The first-order valence-corrected chi connectivity index (χ1v) is 10.4. The molecule has 0 aromatic heterocycles. The van der Waals surface area contributed by atoms with E-state index in [1.54, 1.807) is 30.6 Å². The molecular formula is C22H28N2O2S. The second kappa shape index (κ2) is 10.8. The standard InChI is InChI=1S/C22H28N2O2S/c1-17-9-7-8-12-20(17)15-24(18(2)22(26)23-3)21(25)13-14-27-16-19-10-5-4-6-11-19/h4-12,18H,13-16H2,1-3H3,(H,23,26). The van der Waals surface area contributed by atoms with Gasteiger partial charge in [0.25, 0.3) is 0 Å². The lowest BCUT2D eigenvalue weighted by atomic mass is 10.1. The summed E-state index contributed by atoms with van der Waals surface area (Å²) < 4.78 is 0. The molecule has 144 valence electrons. The van der Waals surface area contributed by atoms with E-state index in [2.05, 4.69) is 17.4 Å². The first-order valence-electron chi connectivity index (χ1n) is 9.20. The van der Waals surface area contributed by atoms with Crippen molar-refractivity contribution in [3.63, 3.8) is 0 Å². The van der Waals surface area contributed by atoms with E-state index >= 15 is 0 Å². The number of benzene rings is 2. The molecule has 1 unspecified atom stereocenters. The smallest absolute Gasteiger partial charge is 0.242 e. The molecule has 1 N–H and O–H groups in total. The quantitative estimate of drug-likeness (QED) is 0.670. The molecule has 2 aromatic rings. The zero-order valence-corrected chi connectivity index (χ0v) is 17.1. The lowest BCUT2D eigenvalue weighted by Crippen LogP contribution is -2.46. The van der Waals surface area contributed by atoms with Gasteiger partial charge in [-0.05, 0) is 30.5 Å². The van der Waals surface area contributed by atoms with Crippen molar-refractivity contribution in [2.24, 2.45) is 0 Å². The zero-order valence-electron chi connectivity index (χ0n) is 16.3. The molecule has 0 aliphatic carbocycles. The van der Waals surface area contributed by atoms with Crippen molar-refractivity contribution in [1.82, 2.24) is 10.2 Å². The molecule has 0 bridgehead atoms. The van der Waals surface area contributed by atoms with E-state index in [1.165, 1.54) is 5.56 Å². The maximum Gasteiger partial charge on any atom is 0.242 e. The molecule has 27 heavy (non-hydrogen) atoms. The number of carbonyl (C=O) groups excluding carboxylic acids is 2. The van der Waals surface area contributed by atoms with Gasteiger partial charge >= 0.3 is 0 Å². The van der Waals surface area contributed by atoms with Gasteiger partial charge in [-0.25, -0.2) is 0 Å². The SMILES string of the molecule is CNC(=O)C(C)N(Cc1ccccc1C)C(=O)CCSCc1ccccc1. The Hall–Kier alpha value is -2.27. The molecule has 2 aromatic carbocycles. The predicted molar refractivity (Wildman–Crippen MR) is 112 cm³/mol. The zero-order chi connectivity index (χ0) is 19.6. The normalized spacial score (nSPS) is 11.7. The molecule has 0 spiro atoms. The molecule has 0 fully saturated rings. The summed E-state index contributed by atoms with van der Waals surface area (Å²) in [7, 11) is 1.60. The van der Waals surface area contributed by atoms with Crippen LogP contribution in [0.4, 0.5) is 0 Å². The highest BCUT2D eigenvalue weighted by atomic mass is 32.2. The largest absolute Gasteiger partial charge is 0.357 e. The van der Waals surface area contributed by atoms with E-state index in [0.29, 0.717) is 13.0 Å². The number of nitrogens with zero attached hydrogens (tertiary/aromatic N) is 1. The minimum absolute atomic E-state index is 0.00918. The summed E-state index contributed by atoms with van der Waals surface area (Å²) in [6.07, 6.45) is 0.421. The molecule has 0 heterocycles. The van der Waals surface area contributed by atoms with Crippen LogP contribution in [0.5, 0.6) is 0 Å². The van der Waals surface area contributed by atoms with Crippen LogP contribution in [0, 0.1) is 6.92 Å². The average Bonchev–Trinajstić information content (AvgIpc) is 2.70. The average molecular weight is 385 g/mol. The number of hydrogen-bond acceptors (Lipinski definition) is 3. The highest BCUT2D eigenvalue weighted by Gasteiger charge is 2.25. The van der Waals surface area contributed by atoms with Crippen LogP contribution in [0.15, 0.2) is 54.6 Å². The predicted octanol–water partition coefficient (Wildman–Crippen LogP) is 3.78. The molecular weight excluding hydrogens is 356 g/mol. The van der Waals surface area contributed by atoms with Crippen LogP contribution < -0.4 is 5.32 Å². The minimum atomic E-state index is -0.499. The molecule has 5 heteroatoms. The number of nitrogens with one attached hydrogen (secondary N) is 1. The van der Waals surface area contributed by atoms with Gasteiger partial charge in [-0.2, -0.15) is 11.8 Å². The molecule has 0 aliphatic heterocycles. The van der Waals surface area contributed by atoms with Gasteiger partial charge in [0.15, 0.2) is 0 Å². The summed E-state index contributed by atoms with van der Waals surface area (Å²) >= 11 is 1.74. The number of likely N-dealkylation sites (N-methyl/N-ethyl adjacent to an activating group) is 1. The first kappa shape index (κ1) is 21.0. The fraction of sp³-hybridized carbons (Fsp3) is 0.364. The number of hydrogen-bond donors (Lipinski definition) is 1. The summed E-state index contributed by atoms with van der Waals surface area (Å²) in [5.74, 6) is 1.49. The molecule has 0 aliphatic rings. The van der Waals surface area contributed by atoms with Crippen LogP contribution in [0.1, 0.15) is 30.0 Å². The minimum Gasteiger partial charge on any atom is -0.357 e. The number of aryl methyl sites for hydroxylation is 1. The van der Waals surface area contributed by atoms with Crippen LogP contribution in [0.2, 0.25) is 0 Å². The molecule has 0 radical (unpaired) electrons. The maximum absolute atomic E-state index is 12.9. The molecule has 0 saturated heterocycles. The van der Waals surface area contributed by atoms with E-state index in [4.69, 9.17) is 0 Å². The third-order valence-corrected chi connectivity index (χ3v) is 5.62. The Labute approximate surface area is 166 Å². The van der Waals surface area contributed by atoms with Crippen LogP contribution in [-0.4, -0.2) is 35.6 Å². The summed E-state index contributed by atoms with van der Waals surface area (Å²) in [6.45, 7) is 4.26. The Morgan fingerprint density at radius 3 is 2.41 bits per heavy atom. The summed E-state index contributed by atoms with van der Waals surface area (Å²) in [5, 5.41) is 2.65. The second-order valence-corrected chi connectivity index (χ2v) is 7.63. The van der Waals surface area contributed by atoms with E-state index in [0.717, 1.165) is 22.6 Å². The number of carbonyl (C=O) groups is 2. The van der Waals surface area contributed by atoms with Gasteiger partial charge in [-0.15, -0.1) is 0 Å². The van der Waals surface area contributed by atoms with Gasteiger partial charge < -0.3 is 10.2 Å². The van der Waals surface area contributed by atoms with Crippen molar-refractivity contribution in [2.75, 3.05) is 12.8 Å². The van der Waals surface area contributed by atoms with E-state index in [-0.39, 0.29) is 11.8 Å². The third kappa shape index (κ3) is 6.43. The van der Waals surface area contributed by atoms with Gasteiger partial charge in [0.05, 0.1) is 0 Å². The van der Waals surface area contributed by atoms with Gasteiger partial charge in [-0.3, -0.25) is 9.59 Å². The fourth-order valence-corrected chi connectivity index (χ4v) is 3.72. The van der Waals surface area contributed by atoms with Crippen LogP contribution in [-0.2, 0) is 21.9 Å². The van der Waals surface area contributed by atoms with Crippen molar-refractivity contribution >= 4 is 23.6 Å². The van der Waals surface area contributed by atoms with E-state index in [1.807, 2.05) is 49.4 Å². The molecule has 1 atom stereocenters. The van der Waals surface area contributed by atoms with Gasteiger partial charge in [-0.1, -0.05) is 54.6 Å². The molecule has 0 saturated carbocycles. The highest BCUT2D eigenvalue weighted by Crippen LogP contribution is 2.17. The van der Waals surface area contributed by atoms with Gasteiger partial charge in [0.1, 0.15) is 6.04 Å². The Morgan fingerprint density at radius 2 is 1.74 bits per heavy atom. The van der Waals surface area contributed by atoms with Crippen molar-refractivity contribution in [3.05, 3.63) is 71.3 Å². The summed E-state index contributed by atoms with van der Waals surface area (Å²) in [6, 6.07) is 17.7. The van der Waals surface area contributed by atoms with E-state index in [9.17, 15) is 9.59 Å². The Morgan fingerprint density at radius 1 is 1.07 bits per heavy atom. The van der Waals surface area contributed by atoms with Crippen molar-refractivity contribution in [1.29, 1.82) is 0 Å². The molecule has 2 amide bonds. The molecule has 4 nitrogen and oxygen atoms in total. The Bertz CT molecular complexity index is 749. The number of amides is 2. The number of rotatable bonds is 9. The van der Waals surface area contributed by atoms with Crippen LogP contribution >= 0.6 is 11.8 Å². The van der Waals surface area contributed by atoms with Gasteiger partial charge in [0, 0.05) is 31.5 Å².